The van der Waals surface area contributed by atoms with Gasteiger partial charge in [0.15, 0.2) is 0 Å². The first-order valence-electron chi connectivity index (χ1n) is 11.3. The number of aryl methyl sites for hydroxylation is 1. The van der Waals surface area contributed by atoms with Crippen molar-refractivity contribution in [3.8, 4) is 0 Å². The van der Waals surface area contributed by atoms with E-state index in [1.165, 1.54) is 40.2 Å². The summed E-state index contributed by atoms with van der Waals surface area (Å²) in [7, 11) is 2.16. The molecule has 0 bridgehead atoms. The van der Waals surface area contributed by atoms with E-state index in [0.29, 0.717) is 35.6 Å². The third-order valence-corrected chi connectivity index (χ3v) is 6.11. The Hall–Kier alpha value is -3.85. The number of aromatic nitrogens is 3. The number of ketones is 1. The molecule has 6 nitrogen and oxygen atoms in total. The van der Waals surface area contributed by atoms with E-state index in [2.05, 4.69) is 19.2 Å². The maximum Gasteiger partial charge on any atom is 0.393 e. The Morgan fingerprint density at radius 2 is 1.97 bits per heavy atom. The van der Waals surface area contributed by atoms with E-state index in [1.807, 2.05) is 0 Å². The van der Waals surface area contributed by atoms with Gasteiger partial charge in [0.2, 0.25) is 12.2 Å². The number of rotatable bonds is 8. The lowest BCUT2D eigenvalue weighted by Gasteiger charge is -2.11. The van der Waals surface area contributed by atoms with Crippen LogP contribution >= 0.6 is 9.24 Å². The van der Waals surface area contributed by atoms with Gasteiger partial charge in [-0.1, -0.05) is 12.2 Å². The molecule has 198 valence electrons. The minimum atomic E-state index is -4.35. The van der Waals surface area contributed by atoms with Gasteiger partial charge >= 0.3 is 6.18 Å². The molecule has 0 aliphatic carbocycles. The molecule has 1 aromatic carbocycles. The number of carbonyl (C=O) groups excluding carboxylic acids is 2. The van der Waals surface area contributed by atoms with Crippen LogP contribution in [-0.2, 0) is 17.8 Å². The SMILES string of the molecule is Cc1[nH]cc(C(=O)c2c(F)cc(P)cc2F)c1/C=C\N(C=O)Cc1cn2c(n1)CC=CC(CC(F)(F)F)=C2. The number of nitrogens with one attached hydrogen (secondary N) is 1. The second-order valence-corrected chi connectivity index (χ2v) is 9.35. The number of amides is 1. The van der Waals surface area contributed by atoms with Crippen molar-refractivity contribution in [2.24, 2.45) is 0 Å². The molecule has 1 unspecified atom stereocenters. The molecule has 3 aromatic rings. The number of nitrogens with zero attached hydrogens (tertiary/aromatic N) is 3. The first kappa shape index (κ1) is 27.2. The highest BCUT2D eigenvalue weighted by Gasteiger charge is 2.28. The summed E-state index contributed by atoms with van der Waals surface area (Å²) in [5.41, 5.74) is 0.694. The van der Waals surface area contributed by atoms with Crippen molar-refractivity contribution < 1.29 is 31.5 Å². The molecule has 1 aliphatic heterocycles. The topological polar surface area (TPSA) is 71.0 Å². The van der Waals surface area contributed by atoms with Gasteiger partial charge in [0.05, 0.1) is 24.2 Å². The first-order valence-corrected chi connectivity index (χ1v) is 11.9. The normalized spacial score (nSPS) is 13.4. The Bertz CT molecular complexity index is 1460. The van der Waals surface area contributed by atoms with Crippen LogP contribution < -0.4 is 5.30 Å². The summed E-state index contributed by atoms with van der Waals surface area (Å²) in [5, 5.41) is 0.253. The van der Waals surface area contributed by atoms with E-state index in [0.717, 1.165) is 12.1 Å². The Labute approximate surface area is 216 Å². The van der Waals surface area contributed by atoms with Crippen LogP contribution in [0.3, 0.4) is 0 Å². The third kappa shape index (κ3) is 6.16. The zero-order valence-corrected chi connectivity index (χ0v) is 21.2. The number of imidazole rings is 1. The minimum Gasteiger partial charge on any atom is -0.364 e. The molecule has 38 heavy (non-hydrogen) atoms. The number of hydrogen-bond acceptors (Lipinski definition) is 3. The highest BCUT2D eigenvalue weighted by atomic mass is 31.0. The molecule has 0 spiro atoms. The Balaban J connectivity index is 1.55. The molecule has 0 saturated heterocycles. The molecule has 0 saturated carbocycles. The lowest BCUT2D eigenvalue weighted by molar-refractivity contribution is -0.126. The number of allylic oxidation sites excluding steroid dienone is 3. The Morgan fingerprint density at radius 3 is 2.63 bits per heavy atom. The Morgan fingerprint density at radius 1 is 1.26 bits per heavy atom. The van der Waals surface area contributed by atoms with E-state index >= 15 is 0 Å². The summed E-state index contributed by atoms with van der Waals surface area (Å²) in [6.45, 7) is 1.66. The van der Waals surface area contributed by atoms with E-state index in [9.17, 15) is 31.5 Å². The van der Waals surface area contributed by atoms with Crippen LogP contribution in [0.4, 0.5) is 22.0 Å². The molecule has 4 rings (SSSR count). The summed E-state index contributed by atoms with van der Waals surface area (Å²) in [6, 6.07) is 2.07. The summed E-state index contributed by atoms with van der Waals surface area (Å²) < 4.78 is 68.7. The summed E-state index contributed by atoms with van der Waals surface area (Å²) in [5.74, 6) is -2.34. The smallest absolute Gasteiger partial charge is 0.364 e. The van der Waals surface area contributed by atoms with Gasteiger partial charge in [-0.3, -0.25) is 9.59 Å². The van der Waals surface area contributed by atoms with Gasteiger partial charge in [-0.05, 0) is 36.0 Å². The van der Waals surface area contributed by atoms with Crippen molar-refractivity contribution in [1.29, 1.82) is 0 Å². The van der Waals surface area contributed by atoms with Crippen LogP contribution in [-0.4, -0.2) is 37.8 Å². The van der Waals surface area contributed by atoms with Crippen molar-refractivity contribution in [1.82, 2.24) is 19.4 Å². The summed E-state index contributed by atoms with van der Waals surface area (Å²) in [6.07, 6.45) is 5.48. The van der Waals surface area contributed by atoms with Crippen molar-refractivity contribution >= 4 is 39.0 Å². The van der Waals surface area contributed by atoms with Crippen LogP contribution in [0.2, 0.25) is 0 Å². The van der Waals surface area contributed by atoms with E-state index < -0.39 is 35.6 Å². The second-order valence-electron chi connectivity index (χ2n) is 8.68. The quantitative estimate of drug-likeness (QED) is 0.185. The number of H-pyrrole nitrogens is 1. The number of hydrogen-bond donors (Lipinski definition) is 1. The number of halogens is 5. The fraction of sp³-hybridized carbons (Fsp3) is 0.192. The highest BCUT2D eigenvalue weighted by Crippen LogP contribution is 2.27. The van der Waals surface area contributed by atoms with Crippen molar-refractivity contribution in [2.45, 2.75) is 32.5 Å². The fourth-order valence-electron chi connectivity index (χ4n) is 4.07. The number of aromatic amines is 1. The third-order valence-electron chi connectivity index (χ3n) is 5.78. The lowest BCUT2D eigenvalue weighted by Crippen LogP contribution is -2.14. The fourth-order valence-corrected chi connectivity index (χ4v) is 4.36. The van der Waals surface area contributed by atoms with Crippen LogP contribution in [0.5, 0.6) is 0 Å². The molecular formula is C26H22F5N4O2P. The van der Waals surface area contributed by atoms with Gasteiger partial charge in [0.25, 0.3) is 0 Å². The number of benzene rings is 1. The average molecular weight is 548 g/mol. The summed E-state index contributed by atoms with van der Waals surface area (Å²) in [4.78, 5) is 33.2. The Kier molecular flexibility index (Phi) is 7.78. The molecule has 1 atom stereocenters. The van der Waals surface area contributed by atoms with E-state index in [-0.39, 0.29) is 23.0 Å². The van der Waals surface area contributed by atoms with Crippen molar-refractivity contribution in [2.75, 3.05) is 0 Å². The molecule has 1 aliphatic rings. The predicted octanol–water partition coefficient (Wildman–Crippen LogP) is 5.06. The van der Waals surface area contributed by atoms with E-state index in [4.69, 9.17) is 0 Å². The number of alkyl halides is 3. The van der Waals surface area contributed by atoms with Crippen LogP contribution in [0.15, 0.2) is 48.5 Å². The lowest BCUT2D eigenvalue weighted by atomic mass is 10.00. The number of fused-ring (bicyclic) bond motifs is 1. The number of carbonyl (C=O) groups is 2. The van der Waals surface area contributed by atoms with Crippen LogP contribution in [0.1, 0.15) is 45.1 Å². The molecule has 0 fully saturated rings. The van der Waals surface area contributed by atoms with Gasteiger partial charge < -0.3 is 14.5 Å². The zero-order valence-electron chi connectivity index (χ0n) is 20.0. The monoisotopic (exact) mass is 548 g/mol. The summed E-state index contributed by atoms with van der Waals surface area (Å²) >= 11 is 0. The molecule has 3 heterocycles. The second kappa shape index (κ2) is 10.9. The molecule has 1 N–H and O–H groups in total. The van der Waals surface area contributed by atoms with Gasteiger partial charge in [-0.25, -0.2) is 13.8 Å². The molecular weight excluding hydrogens is 526 g/mol. The maximum atomic E-state index is 14.4. The molecule has 12 heteroatoms. The highest BCUT2D eigenvalue weighted by molar-refractivity contribution is 7.27. The van der Waals surface area contributed by atoms with Crippen LogP contribution in [0, 0.1) is 18.6 Å². The minimum absolute atomic E-state index is 0.00219. The van der Waals surface area contributed by atoms with Gasteiger partial charge in [-0.2, -0.15) is 13.2 Å². The van der Waals surface area contributed by atoms with Crippen molar-refractivity contribution in [3.05, 3.63) is 94.0 Å². The first-order chi connectivity index (χ1) is 17.9. The van der Waals surface area contributed by atoms with Gasteiger partial charge in [0, 0.05) is 48.0 Å². The average Bonchev–Trinajstić information content (AvgIpc) is 3.31. The van der Waals surface area contributed by atoms with E-state index in [1.54, 1.807) is 19.2 Å². The van der Waals surface area contributed by atoms with Gasteiger partial charge in [0.1, 0.15) is 17.5 Å². The predicted molar refractivity (Wildman–Crippen MR) is 135 cm³/mol. The van der Waals surface area contributed by atoms with Gasteiger partial charge in [-0.15, -0.1) is 9.24 Å². The molecule has 2 aromatic heterocycles. The molecule has 0 radical (unpaired) electrons. The standard InChI is InChI=1S/C26H22F5N4O2P/c1-15-19(20(10-32-15)25(37)24-21(27)7-18(38)8-22(24)28)5-6-34(14-36)12-17-13-35-11-16(9-26(29,30)31)3-2-4-23(35)33-17/h2-3,5-8,10-11,13-14,32H,4,9,12,38H2,1H3/b6-5-. The maximum absolute atomic E-state index is 14.4. The molecule has 1 amide bonds. The van der Waals surface area contributed by atoms with Crippen molar-refractivity contribution in [3.63, 3.8) is 0 Å². The largest absolute Gasteiger partial charge is 0.393 e. The zero-order chi connectivity index (χ0) is 27.6. The van der Waals surface area contributed by atoms with Crippen LogP contribution in [0.25, 0.3) is 12.3 Å².